The van der Waals surface area contributed by atoms with Gasteiger partial charge in [0.05, 0.1) is 0 Å². The molecular formula is C12H16ClN. The van der Waals surface area contributed by atoms with Gasteiger partial charge in [-0.05, 0) is 24.5 Å². The topological polar surface area (TPSA) is 26.0 Å². The van der Waals surface area contributed by atoms with Gasteiger partial charge < -0.3 is 5.73 Å². The number of nitrogens with two attached hydrogens (primary N) is 1. The van der Waals surface area contributed by atoms with Crippen LogP contribution in [0.2, 0.25) is 5.02 Å². The zero-order valence-corrected chi connectivity index (χ0v) is 9.00. The molecule has 1 aromatic rings. The van der Waals surface area contributed by atoms with Crippen molar-refractivity contribution in [3.05, 3.63) is 34.9 Å². The third-order valence-electron chi connectivity index (χ3n) is 3.12. The van der Waals surface area contributed by atoms with Gasteiger partial charge in [0.1, 0.15) is 0 Å². The maximum Gasteiger partial charge on any atom is 0.0441 e. The minimum atomic E-state index is 0.295. The fourth-order valence-electron chi connectivity index (χ4n) is 2.32. The van der Waals surface area contributed by atoms with Crippen molar-refractivity contribution in [3.8, 4) is 0 Å². The van der Waals surface area contributed by atoms with Crippen molar-refractivity contribution in [1.82, 2.24) is 0 Å². The molecule has 1 nitrogen and oxygen atoms in total. The first-order valence-electron chi connectivity index (χ1n) is 5.29. The van der Waals surface area contributed by atoms with E-state index in [1.807, 2.05) is 18.2 Å². The second-order valence-corrected chi connectivity index (χ2v) is 4.48. The highest BCUT2D eigenvalue weighted by atomic mass is 35.5. The van der Waals surface area contributed by atoms with Gasteiger partial charge in [-0.2, -0.15) is 0 Å². The van der Waals surface area contributed by atoms with Crippen LogP contribution in [0.3, 0.4) is 0 Å². The number of halogens is 1. The summed E-state index contributed by atoms with van der Waals surface area (Å²) in [6.07, 6.45) is 4.87. The number of rotatable bonds is 1. The molecular weight excluding hydrogens is 194 g/mol. The molecule has 76 valence electrons. The van der Waals surface area contributed by atoms with Gasteiger partial charge in [0.15, 0.2) is 0 Å². The van der Waals surface area contributed by atoms with Crippen LogP contribution in [-0.2, 0) is 0 Å². The molecule has 1 aromatic carbocycles. The summed E-state index contributed by atoms with van der Waals surface area (Å²) in [5.41, 5.74) is 7.36. The Bertz CT molecular complexity index is 311. The Morgan fingerprint density at radius 2 is 1.86 bits per heavy atom. The van der Waals surface area contributed by atoms with Gasteiger partial charge in [0.25, 0.3) is 0 Å². The summed E-state index contributed by atoms with van der Waals surface area (Å²) < 4.78 is 0. The molecule has 0 bridgehead atoms. The summed E-state index contributed by atoms with van der Waals surface area (Å²) in [6, 6.07) is 8.38. The Labute approximate surface area is 90.3 Å². The fourth-order valence-corrected chi connectivity index (χ4v) is 2.60. The Morgan fingerprint density at radius 3 is 2.57 bits per heavy atom. The van der Waals surface area contributed by atoms with Crippen LogP contribution in [0, 0.1) is 0 Å². The summed E-state index contributed by atoms with van der Waals surface area (Å²) in [5.74, 6) is 0.470. The first-order chi connectivity index (χ1) is 6.79. The quantitative estimate of drug-likeness (QED) is 0.755. The fraction of sp³-hybridized carbons (Fsp3) is 0.500. The number of hydrogen-bond donors (Lipinski definition) is 1. The first kappa shape index (κ1) is 10.0. The molecule has 0 aliphatic heterocycles. The van der Waals surface area contributed by atoms with E-state index >= 15 is 0 Å². The van der Waals surface area contributed by atoms with Crippen molar-refractivity contribution in [2.75, 3.05) is 0 Å². The second kappa shape index (κ2) is 4.33. The molecule has 14 heavy (non-hydrogen) atoms. The van der Waals surface area contributed by atoms with E-state index < -0.39 is 0 Å². The molecule has 0 saturated heterocycles. The van der Waals surface area contributed by atoms with E-state index in [-0.39, 0.29) is 0 Å². The lowest BCUT2D eigenvalue weighted by atomic mass is 9.80. The smallest absolute Gasteiger partial charge is 0.0441 e. The Balaban J connectivity index is 2.25. The van der Waals surface area contributed by atoms with E-state index in [0.717, 1.165) is 11.4 Å². The zero-order valence-electron chi connectivity index (χ0n) is 8.25. The lowest BCUT2D eigenvalue weighted by molar-refractivity contribution is 0.385. The van der Waals surface area contributed by atoms with Crippen LogP contribution in [0.4, 0.5) is 0 Å². The van der Waals surface area contributed by atoms with E-state index in [4.69, 9.17) is 17.3 Å². The number of benzene rings is 1. The summed E-state index contributed by atoms with van der Waals surface area (Å²) in [5, 5.41) is 0.870. The largest absolute Gasteiger partial charge is 0.327 e. The highest BCUT2D eigenvalue weighted by Crippen LogP contribution is 2.35. The maximum atomic E-state index is 6.17. The summed E-state index contributed by atoms with van der Waals surface area (Å²) in [6.45, 7) is 0. The lowest BCUT2D eigenvalue weighted by Crippen LogP contribution is -2.31. The van der Waals surface area contributed by atoms with Gasteiger partial charge in [-0.15, -0.1) is 0 Å². The van der Waals surface area contributed by atoms with Crippen LogP contribution in [0.15, 0.2) is 24.3 Å². The SMILES string of the molecule is N[C@@H]1CCCC[C@H]1c1ccccc1Cl. The van der Waals surface area contributed by atoms with Crippen molar-refractivity contribution in [2.45, 2.75) is 37.6 Å². The molecule has 0 amide bonds. The second-order valence-electron chi connectivity index (χ2n) is 4.08. The van der Waals surface area contributed by atoms with Crippen LogP contribution in [0.1, 0.15) is 37.2 Å². The van der Waals surface area contributed by atoms with E-state index in [2.05, 4.69) is 6.07 Å². The summed E-state index contributed by atoms with van der Waals surface area (Å²) in [4.78, 5) is 0. The molecule has 0 unspecified atom stereocenters. The lowest BCUT2D eigenvalue weighted by Gasteiger charge is -2.29. The third-order valence-corrected chi connectivity index (χ3v) is 3.47. The van der Waals surface area contributed by atoms with Crippen LogP contribution < -0.4 is 5.73 Å². The molecule has 1 fully saturated rings. The molecule has 0 radical (unpaired) electrons. The monoisotopic (exact) mass is 209 g/mol. The normalized spacial score (nSPS) is 27.6. The van der Waals surface area contributed by atoms with Gasteiger partial charge in [-0.1, -0.05) is 42.6 Å². The molecule has 2 N–H and O–H groups in total. The number of hydrogen-bond acceptors (Lipinski definition) is 1. The van der Waals surface area contributed by atoms with Crippen molar-refractivity contribution < 1.29 is 0 Å². The summed E-state index contributed by atoms with van der Waals surface area (Å²) >= 11 is 6.17. The average molecular weight is 210 g/mol. The van der Waals surface area contributed by atoms with Gasteiger partial charge in [-0.25, -0.2) is 0 Å². The predicted molar refractivity (Wildman–Crippen MR) is 60.6 cm³/mol. The van der Waals surface area contributed by atoms with E-state index in [9.17, 15) is 0 Å². The first-order valence-corrected chi connectivity index (χ1v) is 5.67. The van der Waals surface area contributed by atoms with Crippen LogP contribution >= 0.6 is 11.6 Å². The van der Waals surface area contributed by atoms with Crippen molar-refractivity contribution in [3.63, 3.8) is 0 Å². The van der Waals surface area contributed by atoms with Gasteiger partial charge in [0.2, 0.25) is 0 Å². The van der Waals surface area contributed by atoms with Gasteiger partial charge in [0, 0.05) is 17.0 Å². The highest BCUT2D eigenvalue weighted by Gasteiger charge is 2.24. The molecule has 2 heteroatoms. The molecule has 1 saturated carbocycles. The molecule has 1 aliphatic rings. The van der Waals surface area contributed by atoms with Crippen molar-refractivity contribution >= 4 is 11.6 Å². The third kappa shape index (κ3) is 1.94. The van der Waals surface area contributed by atoms with E-state index in [0.29, 0.717) is 12.0 Å². The molecule has 2 rings (SSSR count). The Hall–Kier alpha value is -0.530. The average Bonchev–Trinajstić information content (AvgIpc) is 2.20. The predicted octanol–water partition coefficient (Wildman–Crippen LogP) is 3.32. The zero-order chi connectivity index (χ0) is 9.97. The standard InChI is InChI=1S/C12H16ClN/c13-11-7-3-1-5-9(11)10-6-2-4-8-12(10)14/h1,3,5,7,10,12H,2,4,6,8,14H2/t10-,12+/m0/s1. The van der Waals surface area contributed by atoms with Crippen LogP contribution in [-0.4, -0.2) is 6.04 Å². The molecule has 2 atom stereocenters. The molecule has 0 heterocycles. The van der Waals surface area contributed by atoms with E-state index in [1.54, 1.807) is 0 Å². The minimum Gasteiger partial charge on any atom is -0.327 e. The van der Waals surface area contributed by atoms with Crippen LogP contribution in [0.5, 0.6) is 0 Å². The molecule has 0 aromatic heterocycles. The molecule has 0 spiro atoms. The van der Waals surface area contributed by atoms with Crippen molar-refractivity contribution in [1.29, 1.82) is 0 Å². The summed E-state index contributed by atoms with van der Waals surface area (Å²) in [7, 11) is 0. The van der Waals surface area contributed by atoms with E-state index in [1.165, 1.54) is 24.8 Å². The Kier molecular flexibility index (Phi) is 3.09. The van der Waals surface area contributed by atoms with Crippen LogP contribution in [0.25, 0.3) is 0 Å². The highest BCUT2D eigenvalue weighted by molar-refractivity contribution is 6.31. The Morgan fingerprint density at radius 1 is 1.14 bits per heavy atom. The minimum absolute atomic E-state index is 0.295. The van der Waals surface area contributed by atoms with Gasteiger partial charge >= 0.3 is 0 Å². The van der Waals surface area contributed by atoms with Crippen molar-refractivity contribution in [2.24, 2.45) is 5.73 Å². The van der Waals surface area contributed by atoms with Gasteiger partial charge in [-0.3, -0.25) is 0 Å². The maximum absolute atomic E-state index is 6.17. The molecule has 1 aliphatic carbocycles.